The Balaban J connectivity index is 2.28. The molecular weight excluding hydrogens is 386 g/mol. The average molecular weight is 413 g/mol. The van der Waals surface area contributed by atoms with E-state index in [1.165, 1.54) is 18.5 Å². The van der Waals surface area contributed by atoms with Gasteiger partial charge in [0, 0.05) is 35.6 Å². The lowest BCUT2D eigenvalue weighted by atomic mass is 10.0. The number of aliphatic hydroxyl groups is 1. The third-order valence-corrected chi connectivity index (χ3v) is 5.20. The summed E-state index contributed by atoms with van der Waals surface area (Å²) < 4.78 is 27.3. The molecule has 2 rings (SSSR count). The van der Waals surface area contributed by atoms with Gasteiger partial charge in [0.05, 0.1) is 10.5 Å². The van der Waals surface area contributed by atoms with Gasteiger partial charge in [0.1, 0.15) is 5.82 Å². The number of halogens is 2. The second-order valence-corrected chi connectivity index (χ2v) is 8.88. The number of nitrogens with zero attached hydrogens (tertiary/aromatic N) is 2. The zero-order chi connectivity index (χ0) is 21.1. The van der Waals surface area contributed by atoms with E-state index in [-0.39, 0.29) is 28.2 Å². The third kappa shape index (κ3) is 5.93. The van der Waals surface area contributed by atoms with E-state index < -0.39 is 17.9 Å². The molecule has 0 saturated heterocycles. The van der Waals surface area contributed by atoms with Gasteiger partial charge in [0.25, 0.3) is 12.3 Å². The van der Waals surface area contributed by atoms with Gasteiger partial charge < -0.3 is 15.7 Å². The molecule has 0 aliphatic carbocycles. The number of pyridine rings is 1. The minimum absolute atomic E-state index is 0.0537. The first-order valence-corrected chi connectivity index (χ1v) is 9.76. The monoisotopic (exact) mass is 412 g/mol. The molecule has 0 radical (unpaired) electrons. The first kappa shape index (κ1) is 22.2. The van der Waals surface area contributed by atoms with Crippen molar-refractivity contribution in [3.8, 4) is 10.4 Å². The Morgan fingerprint density at radius 1 is 1.25 bits per heavy atom. The normalized spacial score (nSPS) is 12.3. The number of alkyl halides is 2. The Bertz CT molecular complexity index is 832. The SMILES string of the molecule is CCC(C)(C)Nc1cc(C(F)F)c(-c2cnc(C(=O)NCC(C)(C)O)s2)cn1. The maximum absolute atomic E-state index is 13.6. The minimum atomic E-state index is -2.70. The van der Waals surface area contributed by atoms with Crippen molar-refractivity contribution >= 4 is 23.1 Å². The van der Waals surface area contributed by atoms with Gasteiger partial charge in [0.15, 0.2) is 5.01 Å². The predicted octanol–water partition coefficient (Wildman–Crippen LogP) is 4.24. The summed E-state index contributed by atoms with van der Waals surface area (Å²) in [7, 11) is 0. The number of anilines is 1. The second kappa shape index (κ2) is 8.48. The van der Waals surface area contributed by atoms with Crippen LogP contribution in [0.2, 0.25) is 0 Å². The third-order valence-electron chi connectivity index (χ3n) is 4.17. The average Bonchev–Trinajstić information content (AvgIpc) is 3.08. The van der Waals surface area contributed by atoms with Crippen molar-refractivity contribution in [3.63, 3.8) is 0 Å². The van der Waals surface area contributed by atoms with Gasteiger partial charge >= 0.3 is 0 Å². The predicted molar refractivity (Wildman–Crippen MR) is 107 cm³/mol. The molecule has 0 spiro atoms. The Kier molecular flexibility index (Phi) is 6.71. The first-order chi connectivity index (χ1) is 12.9. The highest BCUT2D eigenvalue weighted by atomic mass is 32.1. The molecule has 28 heavy (non-hydrogen) atoms. The lowest BCUT2D eigenvalue weighted by Gasteiger charge is -2.25. The first-order valence-electron chi connectivity index (χ1n) is 8.95. The zero-order valence-electron chi connectivity index (χ0n) is 16.6. The van der Waals surface area contributed by atoms with Crippen molar-refractivity contribution in [2.24, 2.45) is 0 Å². The molecule has 1 amide bonds. The second-order valence-electron chi connectivity index (χ2n) is 7.84. The van der Waals surface area contributed by atoms with Gasteiger partial charge in [-0.2, -0.15) is 0 Å². The molecular formula is C19H26F2N4O2S. The van der Waals surface area contributed by atoms with Crippen LogP contribution in [0.25, 0.3) is 10.4 Å². The number of hydrogen-bond donors (Lipinski definition) is 3. The summed E-state index contributed by atoms with van der Waals surface area (Å²) in [6, 6.07) is 1.34. The number of carbonyl (C=O) groups excluding carboxylic acids is 1. The van der Waals surface area contributed by atoms with Gasteiger partial charge in [0.2, 0.25) is 0 Å². The van der Waals surface area contributed by atoms with Gasteiger partial charge in [-0.3, -0.25) is 4.79 Å². The summed E-state index contributed by atoms with van der Waals surface area (Å²) in [5.74, 6) is -0.0912. The van der Waals surface area contributed by atoms with Crippen LogP contribution in [0, 0.1) is 0 Å². The molecule has 0 bridgehead atoms. The van der Waals surface area contributed by atoms with Crippen LogP contribution in [0.5, 0.6) is 0 Å². The van der Waals surface area contributed by atoms with Gasteiger partial charge in [-0.1, -0.05) is 6.92 Å². The quantitative estimate of drug-likeness (QED) is 0.604. The maximum Gasteiger partial charge on any atom is 0.280 e. The summed E-state index contributed by atoms with van der Waals surface area (Å²) >= 11 is 1.00. The molecule has 2 heterocycles. The Morgan fingerprint density at radius 2 is 1.93 bits per heavy atom. The topological polar surface area (TPSA) is 87.1 Å². The summed E-state index contributed by atoms with van der Waals surface area (Å²) in [6.07, 6.45) is 0.869. The Morgan fingerprint density at radius 3 is 2.50 bits per heavy atom. The van der Waals surface area contributed by atoms with Crippen LogP contribution in [-0.4, -0.2) is 38.7 Å². The van der Waals surface area contributed by atoms with E-state index in [9.17, 15) is 18.7 Å². The van der Waals surface area contributed by atoms with Crippen molar-refractivity contribution in [2.75, 3.05) is 11.9 Å². The van der Waals surface area contributed by atoms with Crippen LogP contribution >= 0.6 is 11.3 Å². The van der Waals surface area contributed by atoms with E-state index in [0.717, 1.165) is 17.8 Å². The van der Waals surface area contributed by atoms with Crippen molar-refractivity contribution in [3.05, 3.63) is 29.0 Å². The molecule has 2 aromatic rings. The van der Waals surface area contributed by atoms with Crippen LogP contribution in [0.1, 0.15) is 62.8 Å². The van der Waals surface area contributed by atoms with E-state index in [0.29, 0.717) is 10.7 Å². The van der Waals surface area contributed by atoms with Crippen molar-refractivity contribution < 1.29 is 18.7 Å². The summed E-state index contributed by atoms with van der Waals surface area (Å²) in [5, 5.41) is 15.5. The highest BCUT2D eigenvalue weighted by Crippen LogP contribution is 2.35. The number of rotatable bonds is 8. The number of nitrogens with one attached hydrogen (secondary N) is 2. The number of amides is 1. The molecule has 0 unspecified atom stereocenters. The van der Waals surface area contributed by atoms with Crippen molar-refractivity contribution in [1.82, 2.24) is 15.3 Å². The molecule has 0 aliphatic heterocycles. The maximum atomic E-state index is 13.6. The van der Waals surface area contributed by atoms with Crippen LogP contribution in [0.3, 0.4) is 0 Å². The van der Waals surface area contributed by atoms with Gasteiger partial charge in [-0.15, -0.1) is 11.3 Å². The Labute approximate surface area is 167 Å². The van der Waals surface area contributed by atoms with Crippen molar-refractivity contribution in [1.29, 1.82) is 0 Å². The summed E-state index contributed by atoms with van der Waals surface area (Å²) in [5.41, 5.74) is -1.26. The molecule has 0 aliphatic rings. The molecule has 0 atom stereocenters. The van der Waals surface area contributed by atoms with E-state index in [1.54, 1.807) is 13.8 Å². The summed E-state index contributed by atoms with van der Waals surface area (Å²) in [4.78, 5) is 20.9. The largest absolute Gasteiger partial charge is 0.389 e. The van der Waals surface area contributed by atoms with Gasteiger partial charge in [-0.05, 0) is 40.2 Å². The van der Waals surface area contributed by atoms with Crippen LogP contribution in [0.15, 0.2) is 18.5 Å². The fourth-order valence-corrected chi connectivity index (χ4v) is 3.10. The molecule has 6 nitrogen and oxygen atoms in total. The van der Waals surface area contributed by atoms with E-state index >= 15 is 0 Å². The molecule has 0 saturated carbocycles. The zero-order valence-corrected chi connectivity index (χ0v) is 17.5. The number of carbonyl (C=O) groups is 1. The Hall–Kier alpha value is -2.13. The van der Waals surface area contributed by atoms with E-state index in [2.05, 4.69) is 20.6 Å². The summed E-state index contributed by atoms with van der Waals surface area (Å²) in [6.45, 7) is 9.11. The lowest BCUT2D eigenvalue weighted by molar-refractivity contribution is 0.0694. The van der Waals surface area contributed by atoms with Crippen molar-refractivity contribution in [2.45, 2.75) is 58.6 Å². The van der Waals surface area contributed by atoms with E-state index in [4.69, 9.17) is 0 Å². The molecule has 0 fully saturated rings. The minimum Gasteiger partial charge on any atom is -0.389 e. The number of aromatic nitrogens is 2. The molecule has 0 aromatic carbocycles. The number of hydrogen-bond acceptors (Lipinski definition) is 6. The fourth-order valence-electron chi connectivity index (χ4n) is 2.24. The standard InChI is InChI=1S/C19H26F2N4O2S/c1-6-18(2,3)25-14-7-11(15(20)21)12(8-22-14)13-9-23-17(28-13)16(26)24-10-19(4,5)27/h7-9,15,27H,6,10H2,1-5H3,(H,22,25)(H,24,26). The lowest BCUT2D eigenvalue weighted by Crippen LogP contribution is -2.38. The van der Waals surface area contributed by atoms with E-state index in [1.807, 2.05) is 20.8 Å². The number of thiazole rings is 1. The van der Waals surface area contributed by atoms with Crippen LogP contribution in [0.4, 0.5) is 14.6 Å². The molecule has 9 heteroatoms. The molecule has 2 aromatic heterocycles. The molecule has 3 N–H and O–H groups in total. The van der Waals surface area contributed by atoms with Crippen LogP contribution in [-0.2, 0) is 0 Å². The fraction of sp³-hybridized carbons (Fsp3) is 0.526. The smallest absolute Gasteiger partial charge is 0.280 e. The molecule has 154 valence electrons. The highest BCUT2D eigenvalue weighted by Gasteiger charge is 2.22. The van der Waals surface area contributed by atoms with Crippen LogP contribution < -0.4 is 10.6 Å². The van der Waals surface area contributed by atoms with Gasteiger partial charge in [-0.25, -0.2) is 18.7 Å². The highest BCUT2D eigenvalue weighted by molar-refractivity contribution is 7.17.